The van der Waals surface area contributed by atoms with Crippen molar-refractivity contribution in [2.45, 2.75) is 6.92 Å². The molecule has 0 saturated carbocycles. The van der Waals surface area contributed by atoms with Crippen molar-refractivity contribution in [3.63, 3.8) is 0 Å². The van der Waals surface area contributed by atoms with Crippen molar-refractivity contribution in [3.05, 3.63) is 97.9 Å². The third kappa shape index (κ3) is 3.45. The van der Waals surface area contributed by atoms with Gasteiger partial charge in [0.15, 0.2) is 11.2 Å². The summed E-state index contributed by atoms with van der Waals surface area (Å²) in [6.07, 6.45) is 1.63. The van der Waals surface area contributed by atoms with Crippen molar-refractivity contribution in [3.8, 4) is 17.5 Å². The molecule has 0 fully saturated rings. The molecule has 0 aliphatic rings. The normalized spacial score (nSPS) is 12.0. The van der Waals surface area contributed by atoms with Crippen LogP contribution in [0.15, 0.2) is 80.4 Å². The van der Waals surface area contributed by atoms with E-state index in [2.05, 4.69) is 37.3 Å². The zero-order chi connectivity index (χ0) is 24.1. The number of pyridine rings is 1. The van der Waals surface area contributed by atoms with Gasteiger partial charge in [0.1, 0.15) is 11.6 Å². The number of nitriles is 1. The molecule has 168 valence electrons. The Morgan fingerprint density at radius 3 is 2.66 bits per heavy atom. The third-order valence-corrected chi connectivity index (χ3v) is 6.50. The van der Waals surface area contributed by atoms with E-state index >= 15 is 0 Å². The number of aromatic nitrogens is 3. The van der Waals surface area contributed by atoms with Crippen LogP contribution in [0.25, 0.3) is 45.4 Å². The average Bonchev–Trinajstić information content (AvgIpc) is 3.46. The van der Waals surface area contributed by atoms with Gasteiger partial charge in [-0.2, -0.15) is 5.26 Å². The molecule has 8 heteroatoms. The second-order valence-corrected chi connectivity index (χ2v) is 9.00. The number of anilines is 1. The first-order valence-electron chi connectivity index (χ1n) is 10.8. The summed E-state index contributed by atoms with van der Waals surface area (Å²) in [6.45, 7) is 1.76. The highest BCUT2D eigenvalue weighted by molar-refractivity contribution is 9.10. The zero-order valence-corrected chi connectivity index (χ0v) is 20.0. The van der Waals surface area contributed by atoms with Gasteiger partial charge in [0.2, 0.25) is 5.89 Å². The molecule has 6 aromatic rings. The van der Waals surface area contributed by atoms with E-state index in [9.17, 15) is 10.1 Å². The van der Waals surface area contributed by atoms with Crippen molar-refractivity contribution >= 4 is 55.6 Å². The highest BCUT2D eigenvalue weighted by Gasteiger charge is 2.16. The topological polar surface area (TPSA) is 96.2 Å². The van der Waals surface area contributed by atoms with E-state index in [0.29, 0.717) is 50.0 Å². The van der Waals surface area contributed by atoms with E-state index in [1.165, 1.54) is 4.40 Å². The third-order valence-electron chi connectivity index (χ3n) is 5.97. The molecule has 35 heavy (non-hydrogen) atoms. The Kier molecular flexibility index (Phi) is 4.87. The van der Waals surface area contributed by atoms with E-state index < -0.39 is 0 Å². The minimum atomic E-state index is -0.238. The lowest BCUT2D eigenvalue weighted by atomic mass is 10.1. The molecule has 0 aliphatic carbocycles. The van der Waals surface area contributed by atoms with Crippen LogP contribution in [0.2, 0.25) is 0 Å². The lowest BCUT2D eigenvalue weighted by Gasteiger charge is -2.04. The van der Waals surface area contributed by atoms with Gasteiger partial charge in [0, 0.05) is 21.9 Å². The van der Waals surface area contributed by atoms with Gasteiger partial charge < -0.3 is 9.73 Å². The standard InChI is InChI=1S/C27H16BrN5O2/c1-15-19(13-29)25-31-21-4-2-3-5-23(21)33(25)27(34)20(15)14-30-18-10-11-24-22(12-18)32-26(35-24)16-6-8-17(28)9-7-16/h2-12,14,30H,1H3/b20-14-. The number of nitrogens with zero attached hydrogens (tertiary/aromatic N) is 4. The zero-order valence-electron chi connectivity index (χ0n) is 18.4. The minimum absolute atomic E-state index is 0.238. The fourth-order valence-corrected chi connectivity index (χ4v) is 4.44. The summed E-state index contributed by atoms with van der Waals surface area (Å²) in [5.74, 6) is 0.530. The van der Waals surface area contributed by atoms with Gasteiger partial charge in [-0.1, -0.05) is 28.1 Å². The molecular weight excluding hydrogens is 506 g/mol. The summed E-state index contributed by atoms with van der Waals surface area (Å²) in [5, 5.41) is 13.4. The van der Waals surface area contributed by atoms with Crippen LogP contribution in [0, 0.1) is 18.3 Å². The van der Waals surface area contributed by atoms with Gasteiger partial charge in [-0.15, -0.1) is 0 Å². The Balaban J connectivity index is 1.44. The average molecular weight is 522 g/mol. The molecule has 0 spiro atoms. The van der Waals surface area contributed by atoms with E-state index in [1.54, 1.807) is 13.1 Å². The molecular formula is C27H16BrN5O2. The molecule has 1 N–H and O–H groups in total. The van der Waals surface area contributed by atoms with E-state index in [0.717, 1.165) is 15.7 Å². The first kappa shape index (κ1) is 21.1. The predicted molar refractivity (Wildman–Crippen MR) is 139 cm³/mol. The van der Waals surface area contributed by atoms with E-state index in [-0.39, 0.29) is 5.56 Å². The fraction of sp³-hybridized carbons (Fsp3) is 0.0370. The smallest absolute Gasteiger partial charge is 0.265 e. The SMILES string of the molecule is Cc1c(C#N)c2nc3ccccc3n2c(=O)/c1=C\Nc1ccc2oc(-c3ccc(Br)cc3)nc2c1. The summed E-state index contributed by atoms with van der Waals surface area (Å²) in [7, 11) is 0. The van der Waals surface area contributed by atoms with Gasteiger partial charge >= 0.3 is 0 Å². The number of benzene rings is 3. The van der Waals surface area contributed by atoms with E-state index in [1.807, 2.05) is 66.7 Å². The maximum Gasteiger partial charge on any atom is 0.265 e. The van der Waals surface area contributed by atoms with Gasteiger partial charge in [-0.25, -0.2) is 9.97 Å². The summed E-state index contributed by atoms with van der Waals surface area (Å²) in [5.41, 5.74) is 5.39. The number of fused-ring (bicyclic) bond motifs is 4. The van der Waals surface area contributed by atoms with Crippen LogP contribution in [0.1, 0.15) is 11.1 Å². The van der Waals surface area contributed by atoms with Crippen molar-refractivity contribution in [2.75, 3.05) is 5.32 Å². The largest absolute Gasteiger partial charge is 0.436 e. The summed E-state index contributed by atoms with van der Waals surface area (Å²) < 4.78 is 8.38. The molecule has 0 saturated heterocycles. The van der Waals surface area contributed by atoms with Gasteiger partial charge in [0.05, 0.1) is 21.8 Å². The summed E-state index contributed by atoms with van der Waals surface area (Å²) >= 11 is 3.43. The summed E-state index contributed by atoms with van der Waals surface area (Å²) in [4.78, 5) is 22.5. The van der Waals surface area contributed by atoms with Crippen LogP contribution in [0.4, 0.5) is 5.69 Å². The quantitative estimate of drug-likeness (QED) is 0.345. The number of rotatable bonds is 3. The first-order chi connectivity index (χ1) is 17.0. The number of imidazole rings is 1. The molecule has 0 atom stereocenters. The minimum Gasteiger partial charge on any atom is -0.436 e. The molecule has 3 heterocycles. The van der Waals surface area contributed by atoms with Crippen LogP contribution in [-0.4, -0.2) is 14.4 Å². The monoisotopic (exact) mass is 521 g/mol. The Labute approximate surface area is 207 Å². The molecule has 0 amide bonds. The number of oxazole rings is 1. The molecule has 6 rings (SSSR count). The Morgan fingerprint density at radius 2 is 1.86 bits per heavy atom. The Hall–Kier alpha value is -4.48. The molecule has 3 aromatic heterocycles. The van der Waals surface area contributed by atoms with Crippen molar-refractivity contribution < 1.29 is 4.42 Å². The Morgan fingerprint density at radius 1 is 1.06 bits per heavy atom. The maximum absolute atomic E-state index is 13.4. The Bertz CT molecular complexity index is 1930. The van der Waals surface area contributed by atoms with Gasteiger partial charge in [-0.05, 0) is 67.1 Å². The van der Waals surface area contributed by atoms with Gasteiger partial charge in [0.25, 0.3) is 5.56 Å². The van der Waals surface area contributed by atoms with E-state index in [4.69, 9.17) is 4.42 Å². The van der Waals surface area contributed by atoms with Crippen LogP contribution < -0.4 is 16.1 Å². The molecule has 0 bridgehead atoms. The van der Waals surface area contributed by atoms with Crippen LogP contribution in [0.5, 0.6) is 0 Å². The van der Waals surface area contributed by atoms with Gasteiger partial charge in [-0.3, -0.25) is 9.20 Å². The first-order valence-corrected chi connectivity index (χ1v) is 11.6. The van der Waals surface area contributed by atoms with Crippen molar-refractivity contribution in [1.29, 1.82) is 5.26 Å². The van der Waals surface area contributed by atoms with Crippen molar-refractivity contribution in [1.82, 2.24) is 14.4 Å². The number of hydrogen-bond donors (Lipinski definition) is 1. The number of hydrogen-bond acceptors (Lipinski definition) is 6. The lowest BCUT2D eigenvalue weighted by Crippen LogP contribution is -2.34. The number of halogens is 1. The highest BCUT2D eigenvalue weighted by atomic mass is 79.9. The number of para-hydroxylation sites is 2. The second kappa shape index (κ2) is 8.08. The molecule has 0 radical (unpaired) electrons. The fourth-order valence-electron chi connectivity index (χ4n) is 4.17. The number of nitrogens with one attached hydrogen (secondary N) is 1. The van der Waals surface area contributed by atoms with Crippen LogP contribution in [-0.2, 0) is 0 Å². The van der Waals surface area contributed by atoms with Crippen molar-refractivity contribution in [2.24, 2.45) is 0 Å². The van der Waals surface area contributed by atoms with Crippen LogP contribution >= 0.6 is 15.9 Å². The molecule has 0 unspecified atom stereocenters. The second-order valence-electron chi connectivity index (χ2n) is 8.09. The maximum atomic E-state index is 13.4. The molecule has 0 aliphatic heterocycles. The van der Waals surface area contributed by atoms with Crippen LogP contribution in [0.3, 0.4) is 0 Å². The molecule has 3 aromatic carbocycles. The highest BCUT2D eigenvalue weighted by Crippen LogP contribution is 2.27. The lowest BCUT2D eigenvalue weighted by molar-refractivity contribution is 0.620. The molecule has 7 nitrogen and oxygen atoms in total. The summed E-state index contributed by atoms with van der Waals surface area (Å²) in [6, 6.07) is 22.9. The predicted octanol–water partition coefficient (Wildman–Crippen LogP) is 5.17.